The van der Waals surface area contributed by atoms with Crippen molar-refractivity contribution in [3.63, 3.8) is 0 Å². The highest BCUT2D eigenvalue weighted by atomic mass is 32.1. The van der Waals surface area contributed by atoms with Crippen LogP contribution in [0.1, 0.15) is 34.2 Å². The van der Waals surface area contributed by atoms with Crippen LogP contribution < -0.4 is 16.0 Å². The quantitative estimate of drug-likeness (QED) is 0.537. The van der Waals surface area contributed by atoms with Crippen LogP contribution in [0.5, 0.6) is 0 Å². The van der Waals surface area contributed by atoms with Gasteiger partial charge in [-0.05, 0) is 38.1 Å². The van der Waals surface area contributed by atoms with E-state index >= 15 is 0 Å². The molecule has 1 aromatic carbocycles. The highest BCUT2D eigenvalue weighted by Gasteiger charge is 2.13. The van der Waals surface area contributed by atoms with Crippen molar-refractivity contribution < 1.29 is 18.8 Å². The van der Waals surface area contributed by atoms with E-state index in [0.717, 1.165) is 11.1 Å². The number of amides is 3. The van der Waals surface area contributed by atoms with Crippen LogP contribution in [-0.2, 0) is 16.1 Å². The summed E-state index contributed by atoms with van der Waals surface area (Å²) in [4.78, 5) is 39.7. The molecule has 9 heteroatoms. The predicted octanol–water partition coefficient (Wildman–Crippen LogP) is 3.02. The van der Waals surface area contributed by atoms with Gasteiger partial charge in [-0.25, -0.2) is 4.98 Å². The average molecular weight is 426 g/mol. The van der Waals surface area contributed by atoms with E-state index in [2.05, 4.69) is 20.9 Å². The number of hydrogen-bond acceptors (Lipinski definition) is 6. The maximum atomic E-state index is 12.3. The third-order valence-electron chi connectivity index (χ3n) is 4.07. The zero-order valence-electron chi connectivity index (χ0n) is 16.9. The molecule has 0 aliphatic rings. The number of aromatic nitrogens is 1. The van der Waals surface area contributed by atoms with Crippen LogP contribution in [0.4, 0.5) is 5.13 Å². The van der Waals surface area contributed by atoms with Gasteiger partial charge in [0.25, 0.3) is 5.91 Å². The Hall–Kier alpha value is -3.46. The normalized spacial score (nSPS) is 10.5. The van der Waals surface area contributed by atoms with E-state index in [1.165, 1.54) is 18.3 Å². The Morgan fingerprint density at radius 2 is 1.80 bits per heavy atom. The average Bonchev–Trinajstić information content (AvgIpc) is 3.33. The molecule has 0 aliphatic heterocycles. The van der Waals surface area contributed by atoms with Crippen molar-refractivity contribution in [1.29, 1.82) is 0 Å². The molecule has 0 saturated heterocycles. The first-order valence-corrected chi connectivity index (χ1v) is 10.1. The molecule has 0 fully saturated rings. The monoisotopic (exact) mass is 426 g/mol. The second-order valence-electron chi connectivity index (χ2n) is 6.82. The van der Waals surface area contributed by atoms with Gasteiger partial charge < -0.3 is 20.4 Å². The molecule has 2 aromatic heterocycles. The van der Waals surface area contributed by atoms with Gasteiger partial charge >= 0.3 is 0 Å². The number of furan rings is 1. The summed E-state index contributed by atoms with van der Waals surface area (Å²) in [5.74, 6) is 0.317. The number of carbonyl (C=O) groups is 3. The topological polar surface area (TPSA) is 113 Å². The third kappa shape index (κ3) is 5.77. The van der Waals surface area contributed by atoms with Crippen LogP contribution in [0.15, 0.2) is 40.1 Å². The molecular weight excluding hydrogens is 404 g/mol. The molecule has 3 amide bonds. The molecule has 0 atom stereocenters. The number of nitrogens with one attached hydrogen (secondary N) is 3. The lowest BCUT2D eigenvalue weighted by molar-refractivity contribution is -0.119. The summed E-state index contributed by atoms with van der Waals surface area (Å²) in [5.41, 5.74) is 3.06. The fourth-order valence-corrected chi connectivity index (χ4v) is 3.51. The van der Waals surface area contributed by atoms with Crippen molar-refractivity contribution in [2.45, 2.75) is 27.3 Å². The lowest BCUT2D eigenvalue weighted by Crippen LogP contribution is -2.32. The molecule has 8 nitrogen and oxygen atoms in total. The van der Waals surface area contributed by atoms with Crippen LogP contribution in [0.2, 0.25) is 0 Å². The van der Waals surface area contributed by atoms with E-state index in [9.17, 15) is 14.4 Å². The zero-order valence-corrected chi connectivity index (χ0v) is 17.7. The third-order valence-corrected chi connectivity index (χ3v) is 4.83. The fraction of sp³-hybridized carbons (Fsp3) is 0.238. The standard InChI is InChI=1S/C21H22N4O4S/c1-12-6-13(2)8-15(7-12)20(28)23-10-19(27)25-21-24-17(11-30-21)18-5-4-16(29-18)9-22-14(3)26/h4-8,11H,9-10H2,1-3H3,(H,22,26)(H,23,28)(H,24,25,27). The Labute approximate surface area is 177 Å². The van der Waals surface area contributed by atoms with E-state index in [0.29, 0.717) is 34.5 Å². The van der Waals surface area contributed by atoms with Crippen molar-refractivity contribution in [1.82, 2.24) is 15.6 Å². The van der Waals surface area contributed by atoms with Crippen LogP contribution in [-0.4, -0.2) is 29.3 Å². The van der Waals surface area contributed by atoms with Crippen molar-refractivity contribution in [3.05, 3.63) is 58.2 Å². The minimum Gasteiger partial charge on any atom is -0.458 e. The SMILES string of the molecule is CC(=O)NCc1ccc(-c2csc(NC(=O)CNC(=O)c3cc(C)cc(C)c3)n2)o1. The van der Waals surface area contributed by atoms with Crippen molar-refractivity contribution in [2.24, 2.45) is 0 Å². The molecule has 0 aliphatic carbocycles. The first-order valence-electron chi connectivity index (χ1n) is 9.25. The van der Waals surface area contributed by atoms with Gasteiger partial charge in [0.15, 0.2) is 10.9 Å². The molecule has 3 rings (SSSR count). The predicted molar refractivity (Wildman–Crippen MR) is 114 cm³/mol. The molecule has 3 aromatic rings. The molecule has 3 N–H and O–H groups in total. The summed E-state index contributed by atoms with van der Waals surface area (Å²) >= 11 is 1.25. The zero-order chi connectivity index (χ0) is 21.7. The second kappa shape index (κ2) is 9.36. The van der Waals surface area contributed by atoms with Gasteiger partial charge in [0.1, 0.15) is 11.5 Å². The summed E-state index contributed by atoms with van der Waals surface area (Å²) in [5, 5.41) is 10.1. The van der Waals surface area contributed by atoms with Crippen LogP contribution in [0.25, 0.3) is 11.5 Å². The smallest absolute Gasteiger partial charge is 0.251 e. The van der Waals surface area contributed by atoms with Gasteiger partial charge in [-0.15, -0.1) is 11.3 Å². The van der Waals surface area contributed by atoms with E-state index in [1.807, 2.05) is 19.9 Å². The number of thiazole rings is 1. The largest absolute Gasteiger partial charge is 0.458 e. The molecule has 2 heterocycles. The molecule has 0 saturated carbocycles. The van der Waals surface area contributed by atoms with Gasteiger partial charge in [0.05, 0.1) is 13.1 Å². The Balaban J connectivity index is 1.53. The van der Waals surface area contributed by atoms with E-state index in [4.69, 9.17) is 4.42 Å². The van der Waals surface area contributed by atoms with Crippen molar-refractivity contribution in [3.8, 4) is 11.5 Å². The molecule has 0 bridgehead atoms. The Morgan fingerprint density at radius 3 is 2.50 bits per heavy atom. The van der Waals surface area contributed by atoms with Crippen molar-refractivity contribution in [2.75, 3.05) is 11.9 Å². The van der Waals surface area contributed by atoms with Gasteiger partial charge in [-0.2, -0.15) is 0 Å². The Kier molecular flexibility index (Phi) is 6.63. The van der Waals surface area contributed by atoms with Crippen LogP contribution in [0.3, 0.4) is 0 Å². The van der Waals surface area contributed by atoms with Gasteiger partial charge in [0, 0.05) is 17.9 Å². The molecule has 156 valence electrons. The number of carbonyl (C=O) groups excluding carboxylic acids is 3. The van der Waals surface area contributed by atoms with E-state index < -0.39 is 0 Å². The summed E-state index contributed by atoms with van der Waals surface area (Å²) in [6.45, 7) is 5.39. The summed E-state index contributed by atoms with van der Waals surface area (Å²) in [6.07, 6.45) is 0. The number of aryl methyl sites for hydroxylation is 2. The van der Waals surface area contributed by atoms with Crippen LogP contribution in [0, 0.1) is 13.8 Å². The summed E-state index contributed by atoms with van der Waals surface area (Å²) < 4.78 is 5.65. The first-order chi connectivity index (χ1) is 14.3. The molecule has 30 heavy (non-hydrogen) atoms. The molecule has 0 radical (unpaired) electrons. The fourth-order valence-electron chi connectivity index (χ4n) is 2.80. The maximum absolute atomic E-state index is 12.3. The molecular formula is C21H22N4O4S. The van der Waals surface area contributed by atoms with Gasteiger partial charge in [-0.3, -0.25) is 14.4 Å². The van der Waals surface area contributed by atoms with Gasteiger partial charge in [-0.1, -0.05) is 17.2 Å². The van der Waals surface area contributed by atoms with E-state index in [1.54, 1.807) is 29.6 Å². The molecule has 0 unspecified atom stereocenters. The first kappa shape index (κ1) is 21.3. The Morgan fingerprint density at radius 1 is 1.07 bits per heavy atom. The maximum Gasteiger partial charge on any atom is 0.251 e. The lowest BCUT2D eigenvalue weighted by Gasteiger charge is -2.07. The molecule has 0 spiro atoms. The highest BCUT2D eigenvalue weighted by Crippen LogP contribution is 2.26. The van der Waals surface area contributed by atoms with E-state index in [-0.39, 0.29) is 24.3 Å². The second-order valence-corrected chi connectivity index (χ2v) is 7.68. The summed E-state index contributed by atoms with van der Waals surface area (Å²) in [7, 11) is 0. The number of rotatable bonds is 7. The minimum atomic E-state index is -0.376. The minimum absolute atomic E-state index is 0.142. The number of nitrogens with zero attached hydrogens (tertiary/aromatic N) is 1. The highest BCUT2D eigenvalue weighted by molar-refractivity contribution is 7.14. The number of anilines is 1. The number of hydrogen-bond donors (Lipinski definition) is 3. The Bertz CT molecular complexity index is 1070. The number of benzene rings is 1. The van der Waals surface area contributed by atoms with Crippen molar-refractivity contribution >= 4 is 34.2 Å². The lowest BCUT2D eigenvalue weighted by atomic mass is 10.1. The van der Waals surface area contributed by atoms with Crippen LogP contribution >= 0.6 is 11.3 Å². The summed E-state index contributed by atoms with van der Waals surface area (Å²) in [6, 6.07) is 9.03. The van der Waals surface area contributed by atoms with Gasteiger partial charge in [0.2, 0.25) is 11.8 Å².